The van der Waals surface area contributed by atoms with Crippen molar-refractivity contribution >= 4 is 15.7 Å². The molecule has 12 heteroatoms. The van der Waals surface area contributed by atoms with Gasteiger partial charge in [-0.25, -0.2) is 22.8 Å². The molecule has 0 aliphatic carbocycles. The van der Waals surface area contributed by atoms with Crippen LogP contribution in [0.5, 0.6) is 6.01 Å². The number of H-pyrrole nitrogens is 1. The number of rotatable bonds is 6. The fourth-order valence-corrected chi connectivity index (χ4v) is 2.96. The standard InChI is InChI=1S/C13H12FN7O3S/c1-2-24-13-15-6-8(7-16-13)19-25(22,23)9-3-4-11(14)10(5-9)12-17-20-21-18-12/h3-7,19H,2H2,1H3,(H,17,18,20,21). The van der Waals surface area contributed by atoms with Crippen molar-refractivity contribution < 1.29 is 17.5 Å². The zero-order valence-corrected chi connectivity index (χ0v) is 13.7. The number of halogens is 1. The molecule has 0 fully saturated rings. The molecule has 2 heterocycles. The Morgan fingerprint density at radius 2 is 2.04 bits per heavy atom. The van der Waals surface area contributed by atoms with Crippen LogP contribution in [0.25, 0.3) is 11.4 Å². The van der Waals surface area contributed by atoms with Gasteiger partial charge in [-0.2, -0.15) is 5.21 Å². The Morgan fingerprint density at radius 1 is 1.28 bits per heavy atom. The summed E-state index contributed by atoms with van der Waals surface area (Å²) in [7, 11) is -3.99. The molecule has 0 aliphatic heterocycles. The van der Waals surface area contributed by atoms with E-state index >= 15 is 0 Å². The Bertz CT molecular complexity index is 962. The van der Waals surface area contributed by atoms with Gasteiger partial charge in [0.05, 0.1) is 35.1 Å². The van der Waals surface area contributed by atoms with Gasteiger partial charge < -0.3 is 4.74 Å². The Balaban J connectivity index is 1.88. The molecule has 3 rings (SSSR count). The summed E-state index contributed by atoms with van der Waals surface area (Å²) in [4.78, 5) is 7.55. The molecule has 0 unspecified atom stereocenters. The summed E-state index contributed by atoms with van der Waals surface area (Å²) in [6, 6.07) is 3.37. The van der Waals surface area contributed by atoms with Gasteiger partial charge in [0.1, 0.15) is 5.82 Å². The third-order valence-electron chi connectivity index (χ3n) is 2.99. The van der Waals surface area contributed by atoms with Gasteiger partial charge in [0, 0.05) is 0 Å². The third-order valence-corrected chi connectivity index (χ3v) is 4.37. The average molecular weight is 365 g/mol. The largest absolute Gasteiger partial charge is 0.464 e. The molecular weight excluding hydrogens is 353 g/mol. The molecule has 2 N–H and O–H groups in total. The minimum atomic E-state index is -3.99. The van der Waals surface area contributed by atoms with E-state index in [0.717, 1.165) is 18.2 Å². The molecule has 0 saturated heterocycles. The Kier molecular flexibility index (Phi) is 4.52. The molecule has 10 nitrogen and oxygen atoms in total. The van der Waals surface area contributed by atoms with Crippen LogP contribution in [0.1, 0.15) is 6.92 Å². The Hall–Kier alpha value is -3.15. The van der Waals surface area contributed by atoms with Gasteiger partial charge in [-0.1, -0.05) is 0 Å². The van der Waals surface area contributed by atoms with E-state index in [1.165, 1.54) is 12.4 Å². The number of hydrogen-bond donors (Lipinski definition) is 2. The second-order valence-corrected chi connectivity index (χ2v) is 6.35. The highest BCUT2D eigenvalue weighted by Crippen LogP contribution is 2.23. The summed E-state index contributed by atoms with van der Waals surface area (Å²) < 4.78 is 46.2. The van der Waals surface area contributed by atoms with Crippen molar-refractivity contribution in [2.75, 3.05) is 11.3 Å². The number of aromatic amines is 1. The van der Waals surface area contributed by atoms with E-state index in [2.05, 4.69) is 35.3 Å². The van der Waals surface area contributed by atoms with E-state index in [1.807, 2.05) is 0 Å². The maximum atomic E-state index is 13.9. The molecule has 0 bridgehead atoms. The monoisotopic (exact) mass is 365 g/mol. The number of sulfonamides is 1. The van der Waals surface area contributed by atoms with E-state index in [-0.39, 0.29) is 28.0 Å². The Morgan fingerprint density at radius 3 is 2.68 bits per heavy atom. The second kappa shape index (κ2) is 6.76. The van der Waals surface area contributed by atoms with Crippen LogP contribution in [0, 0.1) is 5.82 Å². The van der Waals surface area contributed by atoms with Crippen molar-refractivity contribution in [2.24, 2.45) is 0 Å². The number of benzene rings is 1. The lowest BCUT2D eigenvalue weighted by Crippen LogP contribution is -2.14. The highest BCUT2D eigenvalue weighted by molar-refractivity contribution is 7.92. The number of nitrogens with one attached hydrogen (secondary N) is 2. The molecule has 130 valence electrons. The van der Waals surface area contributed by atoms with E-state index in [4.69, 9.17) is 4.74 Å². The first-order valence-corrected chi connectivity index (χ1v) is 8.49. The van der Waals surface area contributed by atoms with Gasteiger partial charge in [0.2, 0.25) is 5.82 Å². The van der Waals surface area contributed by atoms with Gasteiger partial charge in [0.15, 0.2) is 0 Å². The van der Waals surface area contributed by atoms with Crippen LogP contribution in [0.4, 0.5) is 10.1 Å². The van der Waals surface area contributed by atoms with Gasteiger partial charge in [-0.15, -0.1) is 10.2 Å². The summed E-state index contributed by atoms with van der Waals surface area (Å²) >= 11 is 0. The summed E-state index contributed by atoms with van der Waals surface area (Å²) in [6.45, 7) is 2.16. The molecule has 0 spiro atoms. The molecule has 0 radical (unpaired) electrons. The van der Waals surface area contributed by atoms with Crippen LogP contribution >= 0.6 is 0 Å². The second-order valence-electron chi connectivity index (χ2n) is 4.67. The fourth-order valence-electron chi connectivity index (χ4n) is 1.91. The summed E-state index contributed by atoms with van der Waals surface area (Å²) in [5.74, 6) is -0.733. The van der Waals surface area contributed by atoms with E-state index < -0.39 is 15.8 Å². The van der Waals surface area contributed by atoms with Crippen LogP contribution in [-0.4, -0.2) is 45.6 Å². The highest BCUT2D eigenvalue weighted by Gasteiger charge is 2.19. The van der Waals surface area contributed by atoms with Gasteiger partial charge in [-0.3, -0.25) is 4.72 Å². The predicted octanol–water partition coefficient (Wildman–Crippen LogP) is 0.995. The van der Waals surface area contributed by atoms with Crippen LogP contribution in [-0.2, 0) is 10.0 Å². The minimum absolute atomic E-state index is 0.0565. The maximum Gasteiger partial charge on any atom is 0.316 e. The molecule has 2 aromatic heterocycles. The lowest BCUT2D eigenvalue weighted by Gasteiger charge is -2.09. The first-order chi connectivity index (χ1) is 12.0. The lowest BCUT2D eigenvalue weighted by molar-refractivity contribution is 0.312. The normalized spacial score (nSPS) is 11.3. The zero-order valence-electron chi connectivity index (χ0n) is 12.8. The lowest BCUT2D eigenvalue weighted by atomic mass is 10.2. The third kappa shape index (κ3) is 3.68. The van der Waals surface area contributed by atoms with E-state index in [0.29, 0.717) is 6.61 Å². The first kappa shape index (κ1) is 16.7. The highest BCUT2D eigenvalue weighted by atomic mass is 32.2. The van der Waals surface area contributed by atoms with Crippen LogP contribution in [0.15, 0.2) is 35.5 Å². The van der Waals surface area contributed by atoms with Crippen molar-refractivity contribution in [3.8, 4) is 17.4 Å². The number of hydrogen-bond acceptors (Lipinski definition) is 8. The van der Waals surface area contributed by atoms with Crippen molar-refractivity contribution in [1.29, 1.82) is 0 Å². The first-order valence-electron chi connectivity index (χ1n) is 7.00. The van der Waals surface area contributed by atoms with Crippen LogP contribution in [0.2, 0.25) is 0 Å². The Labute approximate surface area is 141 Å². The SMILES string of the molecule is CCOc1ncc(NS(=O)(=O)c2ccc(F)c(-c3nn[nH]n3)c2)cn1. The molecule has 0 atom stereocenters. The molecule has 0 amide bonds. The van der Waals surface area contributed by atoms with Gasteiger partial charge >= 0.3 is 6.01 Å². The smallest absolute Gasteiger partial charge is 0.316 e. The number of anilines is 1. The molecule has 3 aromatic rings. The number of aromatic nitrogens is 6. The van der Waals surface area contributed by atoms with Crippen molar-refractivity contribution in [3.05, 3.63) is 36.4 Å². The molecule has 25 heavy (non-hydrogen) atoms. The van der Waals surface area contributed by atoms with Crippen LogP contribution < -0.4 is 9.46 Å². The quantitative estimate of drug-likeness (QED) is 0.660. The molecule has 0 aliphatic rings. The van der Waals surface area contributed by atoms with Crippen molar-refractivity contribution in [1.82, 2.24) is 30.6 Å². The maximum absolute atomic E-state index is 13.9. The van der Waals surface area contributed by atoms with Crippen molar-refractivity contribution in [2.45, 2.75) is 11.8 Å². The summed E-state index contributed by atoms with van der Waals surface area (Å²) in [5.41, 5.74) is 0.0356. The van der Waals surface area contributed by atoms with E-state index in [9.17, 15) is 12.8 Å². The predicted molar refractivity (Wildman–Crippen MR) is 83.6 cm³/mol. The van der Waals surface area contributed by atoms with E-state index in [1.54, 1.807) is 6.92 Å². The van der Waals surface area contributed by atoms with Crippen molar-refractivity contribution in [3.63, 3.8) is 0 Å². The molecule has 1 aromatic carbocycles. The summed E-state index contributed by atoms with van der Waals surface area (Å²) in [6.07, 6.45) is 2.53. The average Bonchev–Trinajstić information content (AvgIpc) is 3.11. The summed E-state index contributed by atoms with van der Waals surface area (Å²) in [5, 5.41) is 12.8. The number of tetrazole rings is 1. The zero-order chi connectivity index (χ0) is 17.9. The molecular formula is C13H12FN7O3S. The fraction of sp³-hybridized carbons (Fsp3) is 0.154. The van der Waals surface area contributed by atoms with Gasteiger partial charge in [0.25, 0.3) is 10.0 Å². The minimum Gasteiger partial charge on any atom is -0.464 e. The molecule has 0 saturated carbocycles. The van der Waals surface area contributed by atoms with Gasteiger partial charge in [-0.05, 0) is 30.3 Å². The number of nitrogens with zero attached hydrogens (tertiary/aromatic N) is 5. The topological polar surface area (TPSA) is 136 Å². The van der Waals surface area contributed by atoms with Crippen LogP contribution in [0.3, 0.4) is 0 Å². The number of ether oxygens (including phenoxy) is 1.